The van der Waals surface area contributed by atoms with E-state index in [1.807, 2.05) is 43.6 Å². The molecule has 25 heavy (non-hydrogen) atoms. The summed E-state index contributed by atoms with van der Waals surface area (Å²) in [5.41, 5.74) is 2.90. The number of aliphatic imine (C=N–C) groups is 1. The van der Waals surface area contributed by atoms with E-state index in [0.29, 0.717) is 15.1 Å². The number of amides is 1. The quantitative estimate of drug-likeness (QED) is 0.666. The summed E-state index contributed by atoms with van der Waals surface area (Å²) in [5.74, 6) is -0.134. The van der Waals surface area contributed by atoms with Gasteiger partial charge in [0.05, 0.1) is 10.6 Å². The molecule has 124 valence electrons. The van der Waals surface area contributed by atoms with Crippen LogP contribution >= 0.6 is 23.4 Å². The number of benzene rings is 2. The number of fused-ring (bicyclic) bond motifs is 1. The summed E-state index contributed by atoms with van der Waals surface area (Å²) in [4.78, 5) is 17.3. The molecule has 0 aliphatic carbocycles. The highest BCUT2D eigenvalue weighted by atomic mass is 35.5. The van der Waals surface area contributed by atoms with Crippen molar-refractivity contribution in [2.24, 2.45) is 12.0 Å². The van der Waals surface area contributed by atoms with Crippen LogP contribution in [0.4, 0.5) is 5.69 Å². The second-order valence-electron chi connectivity index (χ2n) is 5.67. The van der Waals surface area contributed by atoms with Gasteiger partial charge in [0, 0.05) is 34.7 Å². The van der Waals surface area contributed by atoms with Gasteiger partial charge in [-0.1, -0.05) is 29.8 Å². The lowest BCUT2D eigenvalue weighted by atomic mass is 10.1. The molecule has 6 heteroatoms. The van der Waals surface area contributed by atoms with Gasteiger partial charge in [0.15, 0.2) is 5.17 Å². The molecule has 0 radical (unpaired) electrons. The number of hydrogen-bond donors (Lipinski definition) is 1. The monoisotopic (exact) mass is 367 g/mol. The third-order valence-electron chi connectivity index (χ3n) is 3.92. The maximum Gasteiger partial charge on any atom is 0.264 e. The van der Waals surface area contributed by atoms with E-state index in [1.165, 1.54) is 11.8 Å². The average Bonchev–Trinajstić information content (AvgIpc) is 3.11. The van der Waals surface area contributed by atoms with Crippen LogP contribution in [0.25, 0.3) is 17.0 Å². The van der Waals surface area contributed by atoms with Crippen molar-refractivity contribution < 1.29 is 4.79 Å². The molecule has 1 N–H and O–H groups in total. The van der Waals surface area contributed by atoms with Crippen molar-refractivity contribution in [3.8, 4) is 0 Å². The zero-order valence-corrected chi connectivity index (χ0v) is 14.9. The van der Waals surface area contributed by atoms with Crippen LogP contribution in [0.1, 0.15) is 5.56 Å². The van der Waals surface area contributed by atoms with Gasteiger partial charge in [-0.2, -0.15) is 0 Å². The number of para-hydroxylation sites is 1. The highest BCUT2D eigenvalue weighted by Gasteiger charge is 2.24. The molecule has 0 spiro atoms. The average molecular weight is 368 g/mol. The highest BCUT2D eigenvalue weighted by Crippen LogP contribution is 2.30. The molecule has 1 aliphatic heterocycles. The molecule has 4 rings (SSSR count). The van der Waals surface area contributed by atoms with Crippen molar-refractivity contribution in [2.45, 2.75) is 0 Å². The van der Waals surface area contributed by atoms with Crippen molar-refractivity contribution in [2.75, 3.05) is 0 Å². The molecular formula is C19H14ClN3OS. The fourth-order valence-corrected chi connectivity index (χ4v) is 3.70. The Morgan fingerprint density at radius 1 is 1.16 bits per heavy atom. The van der Waals surface area contributed by atoms with E-state index in [0.717, 1.165) is 22.2 Å². The summed E-state index contributed by atoms with van der Waals surface area (Å²) < 4.78 is 2.06. The number of aryl methyl sites for hydroxylation is 1. The lowest BCUT2D eigenvalue weighted by Crippen LogP contribution is -2.19. The van der Waals surface area contributed by atoms with Gasteiger partial charge >= 0.3 is 0 Å². The van der Waals surface area contributed by atoms with E-state index < -0.39 is 0 Å². The Hall–Kier alpha value is -2.50. The van der Waals surface area contributed by atoms with Crippen LogP contribution < -0.4 is 5.32 Å². The van der Waals surface area contributed by atoms with Crippen molar-refractivity contribution >= 4 is 57.1 Å². The number of nitrogens with zero attached hydrogens (tertiary/aromatic N) is 2. The lowest BCUT2D eigenvalue weighted by molar-refractivity contribution is -0.115. The number of halogens is 1. The molecule has 1 amide bonds. The van der Waals surface area contributed by atoms with Crippen LogP contribution in [0.3, 0.4) is 0 Å². The third-order valence-corrected chi connectivity index (χ3v) is 5.08. The molecule has 1 aromatic heterocycles. The van der Waals surface area contributed by atoms with Gasteiger partial charge in [0.1, 0.15) is 0 Å². The zero-order valence-electron chi connectivity index (χ0n) is 13.4. The normalized spacial score (nSPS) is 17.6. The predicted octanol–water partition coefficient (Wildman–Crippen LogP) is 4.72. The Morgan fingerprint density at radius 3 is 2.72 bits per heavy atom. The minimum atomic E-state index is -0.134. The van der Waals surface area contributed by atoms with Gasteiger partial charge in [-0.15, -0.1) is 0 Å². The maximum absolute atomic E-state index is 12.3. The summed E-state index contributed by atoms with van der Waals surface area (Å²) >= 11 is 7.22. The van der Waals surface area contributed by atoms with Gasteiger partial charge in [-0.25, -0.2) is 4.99 Å². The molecule has 1 fully saturated rings. The lowest BCUT2D eigenvalue weighted by Gasteiger charge is -1.96. The summed E-state index contributed by atoms with van der Waals surface area (Å²) in [7, 11) is 2.00. The number of thioether (sulfide) groups is 1. The van der Waals surface area contributed by atoms with Gasteiger partial charge < -0.3 is 9.88 Å². The van der Waals surface area contributed by atoms with Crippen molar-refractivity contribution in [3.63, 3.8) is 0 Å². The maximum atomic E-state index is 12.3. The Kier molecular flexibility index (Phi) is 4.11. The van der Waals surface area contributed by atoms with Gasteiger partial charge in [0.2, 0.25) is 0 Å². The van der Waals surface area contributed by atoms with Gasteiger partial charge in [-0.3, -0.25) is 4.79 Å². The Bertz CT molecular complexity index is 1030. The van der Waals surface area contributed by atoms with E-state index in [-0.39, 0.29) is 5.91 Å². The first-order valence-corrected chi connectivity index (χ1v) is 8.89. The van der Waals surface area contributed by atoms with Crippen LogP contribution in [0.2, 0.25) is 5.02 Å². The van der Waals surface area contributed by atoms with E-state index in [9.17, 15) is 4.79 Å². The molecular weight excluding hydrogens is 354 g/mol. The minimum absolute atomic E-state index is 0.134. The topological polar surface area (TPSA) is 46.4 Å². The molecule has 0 atom stereocenters. The zero-order chi connectivity index (χ0) is 17.4. The highest BCUT2D eigenvalue weighted by molar-refractivity contribution is 8.18. The number of aromatic nitrogens is 1. The Morgan fingerprint density at radius 2 is 1.92 bits per heavy atom. The van der Waals surface area contributed by atoms with Crippen LogP contribution in [0.5, 0.6) is 0 Å². The molecule has 0 bridgehead atoms. The second-order valence-corrected chi connectivity index (χ2v) is 7.14. The minimum Gasteiger partial charge on any atom is -0.350 e. The second kappa shape index (κ2) is 6.43. The largest absolute Gasteiger partial charge is 0.350 e. The van der Waals surface area contributed by atoms with Crippen molar-refractivity contribution in [1.82, 2.24) is 9.88 Å². The Labute approximate surface area is 154 Å². The molecule has 4 nitrogen and oxygen atoms in total. The summed E-state index contributed by atoms with van der Waals surface area (Å²) in [6, 6.07) is 15.3. The molecule has 2 aromatic carbocycles. The molecule has 1 aliphatic rings. The number of nitrogens with one attached hydrogen (secondary N) is 1. The molecule has 1 saturated heterocycles. The van der Waals surface area contributed by atoms with Crippen molar-refractivity contribution in [3.05, 3.63) is 70.2 Å². The number of rotatable bonds is 2. The van der Waals surface area contributed by atoms with E-state index in [2.05, 4.69) is 27.0 Å². The van der Waals surface area contributed by atoms with Crippen LogP contribution in [0.15, 0.2) is 64.6 Å². The van der Waals surface area contributed by atoms with Crippen LogP contribution in [-0.4, -0.2) is 15.6 Å². The molecule has 2 heterocycles. The number of carbonyl (C=O) groups excluding carboxylic acids is 1. The number of amidine groups is 1. The van der Waals surface area contributed by atoms with Crippen molar-refractivity contribution in [1.29, 1.82) is 0 Å². The fourth-order valence-electron chi connectivity index (χ4n) is 2.74. The smallest absolute Gasteiger partial charge is 0.264 e. The van der Waals surface area contributed by atoms with Crippen LogP contribution in [-0.2, 0) is 11.8 Å². The summed E-state index contributed by atoms with van der Waals surface area (Å²) in [6.07, 6.45) is 3.94. The third kappa shape index (κ3) is 3.21. The first-order chi connectivity index (χ1) is 12.1. The summed E-state index contributed by atoms with van der Waals surface area (Å²) in [5, 5.41) is 5.15. The number of carbonyl (C=O) groups is 1. The standard InChI is InChI=1S/C19H14ClN3OS/c1-23-11-12(15-4-2-3-5-16(15)23)10-17-18(24)22-19(25-17)21-14-8-6-13(20)7-9-14/h2-11H,1H3,(H,21,22,24)/b17-10+. The van der Waals surface area contributed by atoms with Gasteiger partial charge in [0.25, 0.3) is 5.91 Å². The molecule has 0 unspecified atom stereocenters. The number of hydrogen-bond acceptors (Lipinski definition) is 3. The molecule has 0 saturated carbocycles. The first-order valence-electron chi connectivity index (χ1n) is 7.69. The van der Waals surface area contributed by atoms with E-state index in [4.69, 9.17) is 11.6 Å². The Balaban J connectivity index is 1.66. The van der Waals surface area contributed by atoms with Crippen LogP contribution in [0, 0.1) is 0 Å². The fraction of sp³-hybridized carbons (Fsp3) is 0.0526. The van der Waals surface area contributed by atoms with Gasteiger partial charge in [-0.05, 0) is 48.2 Å². The first kappa shape index (κ1) is 16.0. The van der Waals surface area contributed by atoms with E-state index >= 15 is 0 Å². The molecule has 3 aromatic rings. The predicted molar refractivity (Wildman–Crippen MR) is 105 cm³/mol. The van der Waals surface area contributed by atoms with E-state index in [1.54, 1.807) is 12.1 Å². The SMILES string of the molecule is Cn1cc(/C=C2/SC(=Nc3ccc(Cl)cc3)NC2=O)c2ccccc21. The summed E-state index contributed by atoms with van der Waals surface area (Å²) in [6.45, 7) is 0.